The van der Waals surface area contributed by atoms with E-state index in [4.69, 9.17) is 15.2 Å². The summed E-state index contributed by atoms with van der Waals surface area (Å²) < 4.78 is 12.0. The predicted molar refractivity (Wildman–Crippen MR) is 168 cm³/mol. The molecule has 1 fully saturated rings. The SMILES string of the molecule is Cc1cc(C(=O)N2CCC[C@H]2C)c(N)cc1OCCCOc1ccc(-c2cc3ccccc3c3ccccc23)cc1. The molecule has 5 nitrogen and oxygen atoms in total. The minimum Gasteiger partial charge on any atom is -0.493 e. The zero-order valence-electron chi connectivity index (χ0n) is 23.7. The van der Waals surface area contributed by atoms with E-state index >= 15 is 0 Å². The third-order valence-corrected chi connectivity index (χ3v) is 8.14. The molecule has 0 radical (unpaired) electrons. The Hall–Kier alpha value is -4.51. The van der Waals surface area contributed by atoms with Crippen molar-refractivity contribution in [1.82, 2.24) is 4.90 Å². The summed E-state index contributed by atoms with van der Waals surface area (Å²) in [7, 11) is 0. The Morgan fingerprint density at radius 1 is 0.878 bits per heavy atom. The number of likely N-dealkylation sites (tertiary alicyclic amines) is 1. The lowest BCUT2D eigenvalue weighted by Gasteiger charge is -2.23. The maximum atomic E-state index is 13.0. The van der Waals surface area contributed by atoms with Crippen molar-refractivity contribution >= 4 is 33.1 Å². The molecule has 41 heavy (non-hydrogen) atoms. The number of anilines is 1. The van der Waals surface area contributed by atoms with E-state index in [1.165, 1.54) is 27.1 Å². The van der Waals surface area contributed by atoms with Crippen molar-refractivity contribution in [2.75, 3.05) is 25.5 Å². The second-order valence-corrected chi connectivity index (χ2v) is 11.0. The number of carbonyl (C=O) groups excluding carboxylic acids is 1. The van der Waals surface area contributed by atoms with Crippen molar-refractivity contribution in [3.63, 3.8) is 0 Å². The fraction of sp³-hybridized carbons (Fsp3) is 0.250. The van der Waals surface area contributed by atoms with Gasteiger partial charge in [0.1, 0.15) is 11.5 Å². The van der Waals surface area contributed by atoms with Crippen molar-refractivity contribution in [3.8, 4) is 22.6 Å². The van der Waals surface area contributed by atoms with Gasteiger partial charge in [0, 0.05) is 30.8 Å². The van der Waals surface area contributed by atoms with E-state index in [-0.39, 0.29) is 11.9 Å². The van der Waals surface area contributed by atoms with E-state index in [0.29, 0.717) is 30.2 Å². The van der Waals surface area contributed by atoms with Crippen LogP contribution in [0, 0.1) is 6.92 Å². The molecule has 0 spiro atoms. The Balaban J connectivity index is 1.06. The number of aryl methyl sites for hydroxylation is 1. The summed E-state index contributed by atoms with van der Waals surface area (Å²) in [6.07, 6.45) is 2.81. The van der Waals surface area contributed by atoms with Gasteiger partial charge in [0.2, 0.25) is 0 Å². The van der Waals surface area contributed by atoms with Gasteiger partial charge in [0.05, 0.1) is 18.8 Å². The van der Waals surface area contributed by atoms with Gasteiger partial charge in [-0.25, -0.2) is 0 Å². The van der Waals surface area contributed by atoms with E-state index in [0.717, 1.165) is 42.7 Å². The number of hydrogen-bond acceptors (Lipinski definition) is 4. The standard InChI is InChI=1S/C36H36N2O3/c1-24-21-33(36(39)38-18-7-9-25(38)2)34(37)23-35(24)41-20-8-19-40-28-16-14-26(15-17-28)32-22-27-10-3-4-11-29(27)30-12-5-6-13-31(30)32/h3-6,10-17,21-23,25H,7-9,18-20,37H2,1-2H3/t25-/m1/s1. The molecule has 2 N–H and O–H groups in total. The number of rotatable bonds is 8. The summed E-state index contributed by atoms with van der Waals surface area (Å²) >= 11 is 0. The van der Waals surface area contributed by atoms with Gasteiger partial charge in [-0.2, -0.15) is 0 Å². The Labute approximate surface area is 241 Å². The van der Waals surface area contributed by atoms with Crippen LogP contribution < -0.4 is 15.2 Å². The Morgan fingerprint density at radius 2 is 1.59 bits per heavy atom. The quantitative estimate of drug-likeness (QED) is 0.122. The van der Waals surface area contributed by atoms with E-state index in [2.05, 4.69) is 73.7 Å². The lowest BCUT2D eigenvalue weighted by atomic mass is 9.93. The molecule has 208 valence electrons. The fourth-order valence-electron chi connectivity index (χ4n) is 5.89. The van der Waals surface area contributed by atoms with Crippen LogP contribution in [0.3, 0.4) is 0 Å². The number of ether oxygens (including phenoxy) is 2. The second kappa shape index (κ2) is 11.5. The number of amides is 1. The van der Waals surface area contributed by atoms with E-state index < -0.39 is 0 Å². The molecule has 1 aliphatic rings. The third-order valence-electron chi connectivity index (χ3n) is 8.14. The molecule has 6 rings (SSSR count). The number of carbonyl (C=O) groups is 1. The zero-order chi connectivity index (χ0) is 28.3. The highest BCUT2D eigenvalue weighted by Gasteiger charge is 2.27. The highest BCUT2D eigenvalue weighted by atomic mass is 16.5. The van der Waals surface area contributed by atoms with Gasteiger partial charge in [0.25, 0.3) is 5.91 Å². The van der Waals surface area contributed by atoms with Crippen LogP contribution in [-0.2, 0) is 0 Å². The lowest BCUT2D eigenvalue weighted by molar-refractivity contribution is 0.0748. The van der Waals surface area contributed by atoms with Crippen LogP contribution >= 0.6 is 0 Å². The Kier molecular flexibility index (Phi) is 7.51. The van der Waals surface area contributed by atoms with Crippen molar-refractivity contribution in [1.29, 1.82) is 0 Å². The third kappa shape index (κ3) is 5.45. The van der Waals surface area contributed by atoms with E-state index in [1.54, 1.807) is 6.07 Å². The minimum absolute atomic E-state index is 0.00960. The molecule has 1 atom stereocenters. The molecule has 0 aliphatic carbocycles. The molecule has 5 aromatic carbocycles. The van der Waals surface area contributed by atoms with Crippen LogP contribution in [0.5, 0.6) is 11.5 Å². The van der Waals surface area contributed by atoms with Gasteiger partial charge in [-0.3, -0.25) is 4.79 Å². The molecule has 0 saturated carbocycles. The van der Waals surface area contributed by atoms with Gasteiger partial charge < -0.3 is 20.1 Å². The molecular formula is C36H36N2O3. The van der Waals surface area contributed by atoms with Gasteiger partial charge in [-0.05, 0) is 89.2 Å². The molecule has 1 saturated heterocycles. The number of hydrogen-bond donors (Lipinski definition) is 1. The molecule has 5 heteroatoms. The number of nitrogens with two attached hydrogens (primary N) is 1. The number of nitrogens with zero attached hydrogens (tertiary/aromatic N) is 1. The molecule has 1 aliphatic heterocycles. The maximum Gasteiger partial charge on any atom is 0.256 e. The summed E-state index contributed by atoms with van der Waals surface area (Å²) in [5.74, 6) is 1.55. The monoisotopic (exact) mass is 544 g/mol. The number of fused-ring (bicyclic) bond motifs is 3. The van der Waals surface area contributed by atoms with Gasteiger partial charge in [-0.15, -0.1) is 0 Å². The van der Waals surface area contributed by atoms with Crippen molar-refractivity contribution in [2.45, 2.75) is 39.2 Å². The first-order valence-electron chi connectivity index (χ1n) is 14.5. The first-order chi connectivity index (χ1) is 20.0. The molecule has 1 heterocycles. The number of benzene rings is 5. The summed E-state index contributed by atoms with van der Waals surface area (Å²) in [4.78, 5) is 14.9. The smallest absolute Gasteiger partial charge is 0.256 e. The maximum absolute atomic E-state index is 13.0. The van der Waals surface area contributed by atoms with Crippen molar-refractivity contribution < 1.29 is 14.3 Å². The van der Waals surface area contributed by atoms with Crippen molar-refractivity contribution in [3.05, 3.63) is 102 Å². The molecule has 0 unspecified atom stereocenters. The normalized spacial score (nSPS) is 15.0. The Morgan fingerprint density at radius 3 is 2.34 bits per heavy atom. The highest BCUT2D eigenvalue weighted by molar-refractivity contribution is 6.13. The van der Waals surface area contributed by atoms with Crippen LogP contribution in [0.2, 0.25) is 0 Å². The van der Waals surface area contributed by atoms with E-state index in [1.807, 2.05) is 30.0 Å². The topological polar surface area (TPSA) is 64.8 Å². The average Bonchev–Trinajstić information content (AvgIpc) is 3.43. The first-order valence-corrected chi connectivity index (χ1v) is 14.5. The van der Waals surface area contributed by atoms with Crippen LogP contribution in [-0.4, -0.2) is 36.6 Å². The van der Waals surface area contributed by atoms with Crippen LogP contribution in [0.1, 0.15) is 42.1 Å². The fourth-order valence-corrected chi connectivity index (χ4v) is 5.89. The molecule has 0 bridgehead atoms. The molecule has 5 aromatic rings. The largest absolute Gasteiger partial charge is 0.493 e. The van der Waals surface area contributed by atoms with Crippen LogP contribution in [0.4, 0.5) is 5.69 Å². The minimum atomic E-state index is 0.00960. The van der Waals surface area contributed by atoms with Gasteiger partial charge >= 0.3 is 0 Å². The van der Waals surface area contributed by atoms with Crippen LogP contribution in [0.25, 0.3) is 32.7 Å². The molecule has 0 aromatic heterocycles. The van der Waals surface area contributed by atoms with Gasteiger partial charge in [-0.1, -0.05) is 60.7 Å². The van der Waals surface area contributed by atoms with Crippen molar-refractivity contribution in [2.24, 2.45) is 0 Å². The highest BCUT2D eigenvalue weighted by Crippen LogP contribution is 2.35. The van der Waals surface area contributed by atoms with Gasteiger partial charge in [0.15, 0.2) is 0 Å². The zero-order valence-corrected chi connectivity index (χ0v) is 23.7. The summed E-state index contributed by atoms with van der Waals surface area (Å²) in [6, 6.07) is 31.6. The average molecular weight is 545 g/mol. The summed E-state index contributed by atoms with van der Waals surface area (Å²) in [6.45, 7) is 5.87. The predicted octanol–water partition coefficient (Wildman–Crippen LogP) is 8.02. The summed E-state index contributed by atoms with van der Waals surface area (Å²) in [5.41, 5.74) is 10.6. The second-order valence-electron chi connectivity index (χ2n) is 11.0. The first kappa shape index (κ1) is 26.7. The molecule has 1 amide bonds. The lowest BCUT2D eigenvalue weighted by Crippen LogP contribution is -2.34. The van der Waals surface area contributed by atoms with Crippen LogP contribution in [0.15, 0.2) is 91.0 Å². The summed E-state index contributed by atoms with van der Waals surface area (Å²) in [5, 5.41) is 5.02. The van der Waals surface area contributed by atoms with E-state index in [9.17, 15) is 4.79 Å². The Bertz CT molecular complexity index is 1710. The molecular weight excluding hydrogens is 508 g/mol. The number of nitrogen functional groups attached to an aromatic ring is 1.